The molecule has 0 bridgehead atoms. The summed E-state index contributed by atoms with van der Waals surface area (Å²) in [5.41, 5.74) is 1.59. The van der Waals surface area contributed by atoms with Crippen LogP contribution < -0.4 is 9.57 Å². The van der Waals surface area contributed by atoms with Gasteiger partial charge in [-0.25, -0.2) is 4.83 Å². The molecule has 0 aliphatic heterocycles. The molecule has 0 unspecified atom stereocenters. The zero-order chi connectivity index (χ0) is 20.0. The third kappa shape index (κ3) is 5.48. The minimum Gasteiger partial charge on any atom is -0.488 e. The van der Waals surface area contributed by atoms with E-state index in [1.807, 2.05) is 24.3 Å². The van der Waals surface area contributed by atoms with E-state index >= 15 is 0 Å². The summed E-state index contributed by atoms with van der Waals surface area (Å²) in [6.07, 6.45) is 1.39. The molecule has 28 heavy (non-hydrogen) atoms. The van der Waals surface area contributed by atoms with Crippen molar-refractivity contribution >= 4 is 39.4 Å². The Morgan fingerprint density at radius 2 is 1.50 bits per heavy atom. The van der Waals surface area contributed by atoms with Crippen LogP contribution in [0, 0.1) is 0 Å². The topological polar surface area (TPSA) is 67.8 Å². The molecule has 0 heterocycles. The predicted octanol–water partition coefficient (Wildman–Crippen LogP) is 4.88. The quantitative estimate of drug-likeness (QED) is 0.425. The Hall–Kier alpha value is -2.54. The number of hydrogen-bond acceptors (Lipinski definition) is 4. The van der Waals surface area contributed by atoms with Gasteiger partial charge in [0, 0.05) is 15.6 Å². The van der Waals surface area contributed by atoms with Crippen molar-refractivity contribution in [3.63, 3.8) is 0 Å². The van der Waals surface area contributed by atoms with Gasteiger partial charge in [0.2, 0.25) is 0 Å². The molecule has 0 fully saturated rings. The van der Waals surface area contributed by atoms with Gasteiger partial charge in [0.1, 0.15) is 12.4 Å². The number of sulfonamides is 1. The lowest BCUT2D eigenvalue weighted by molar-refractivity contribution is 0.306. The van der Waals surface area contributed by atoms with E-state index in [1.165, 1.54) is 30.5 Å². The fourth-order valence-corrected chi connectivity index (χ4v) is 3.34. The van der Waals surface area contributed by atoms with Gasteiger partial charge in [-0.1, -0.05) is 47.5 Å². The Morgan fingerprint density at radius 3 is 2.18 bits per heavy atom. The van der Waals surface area contributed by atoms with E-state index in [2.05, 4.69) is 9.93 Å². The van der Waals surface area contributed by atoms with Crippen molar-refractivity contribution in [3.8, 4) is 5.75 Å². The summed E-state index contributed by atoms with van der Waals surface area (Å²) in [4.78, 5) is 2.25. The number of nitrogens with zero attached hydrogens (tertiary/aromatic N) is 1. The van der Waals surface area contributed by atoms with Crippen molar-refractivity contribution < 1.29 is 13.2 Å². The van der Waals surface area contributed by atoms with Crippen molar-refractivity contribution in [1.82, 2.24) is 4.83 Å². The van der Waals surface area contributed by atoms with Gasteiger partial charge in [-0.15, -0.1) is 0 Å². The second-order valence-corrected chi connectivity index (χ2v) is 8.29. The van der Waals surface area contributed by atoms with Crippen LogP contribution >= 0.6 is 23.2 Å². The smallest absolute Gasteiger partial charge is 0.276 e. The van der Waals surface area contributed by atoms with Crippen LogP contribution in [-0.2, 0) is 16.6 Å². The number of rotatable bonds is 7. The van der Waals surface area contributed by atoms with Crippen molar-refractivity contribution in [2.45, 2.75) is 11.5 Å². The van der Waals surface area contributed by atoms with E-state index in [4.69, 9.17) is 27.9 Å². The fourth-order valence-electron chi connectivity index (χ4n) is 2.29. The molecular formula is C20H16Cl2N2O3S. The van der Waals surface area contributed by atoms with E-state index in [9.17, 15) is 8.42 Å². The van der Waals surface area contributed by atoms with Crippen LogP contribution in [0.15, 0.2) is 82.8 Å². The fraction of sp³-hybridized carbons (Fsp3) is 0.0500. The Balaban J connectivity index is 1.68. The first-order valence-electron chi connectivity index (χ1n) is 8.21. The number of hydrogen-bond donors (Lipinski definition) is 1. The zero-order valence-corrected chi connectivity index (χ0v) is 16.9. The van der Waals surface area contributed by atoms with Crippen LogP contribution in [0.3, 0.4) is 0 Å². The number of halogens is 2. The van der Waals surface area contributed by atoms with Gasteiger partial charge in [-0.05, 0) is 54.1 Å². The minimum atomic E-state index is -3.78. The summed E-state index contributed by atoms with van der Waals surface area (Å²) in [6.45, 7) is 0.346. The number of benzene rings is 3. The van der Waals surface area contributed by atoms with E-state index < -0.39 is 10.0 Å². The van der Waals surface area contributed by atoms with Gasteiger partial charge in [-0.2, -0.15) is 13.5 Å². The molecule has 8 heteroatoms. The summed E-state index contributed by atoms with van der Waals surface area (Å²) < 4.78 is 30.3. The molecule has 3 rings (SSSR count). The predicted molar refractivity (Wildman–Crippen MR) is 112 cm³/mol. The Kier molecular flexibility index (Phi) is 6.57. The van der Waals surface area contributed by atoms with Gasteiger partial charge in [0.05, 0.1) is 11.1 Å². The first-order chi connectivity index (χ1) is 13.4. The van der Waals surface area contributed by atoms with Crippen LogP contribution in [0.25, 0.3) is 0 Å². The highest BCUT2D eigenvalue weighted by molar-refractivity contribution is 7.89. The van der Waals surface area contributed by atoms with E-state index in [0.29, 0.717) is 28.0 Å². The first-order valence-corrected chi connectivity index (χ1v) is 10.4. The first kappa shape index (κ1) is 20.2. The lowest BCUT2D eigenvalue weighted by Crippen LogP contribution is -2.18. The maximum absolute atomic E-state index is 12.2. The zero-order valence-electron chi connectivity index (χ0n) is 14.5. The van der Waals surface area contributed by atoms with E-state index in [-0.39, 0.29) is 4.90 Å². The number of nitrogens with one attached hydrogen (secondary N) is 1. The molecule has 0 radical (unpaired) electrons. The lowest BCUT2D eigenvalue weighted by Gasteiger charge is -2.09. The molecular weight excluding hydrogens is 419 g/mol. The molecule has 3 aromatic rings. The van der Waals surface area contributed by atoms with Crippen molar-refractivity contribution in [2.24, 2.45) is 5.10 Å². The monoisotopic (exact) mass is 434 g/mol. The molecule has 0 spiro atoms. The normalized spacial score (nSPS) is 11.5. The highest BCUT2D eigenvalue weighted by Gasteiger charge is 2.12. The molecule has 0 atom stereocenters. The Morgan fingerprint density at radius 1 is 0.893 bits per heavy atom. The third-order valence-corrected chi connectivity index (χ3v) is 5.47. The van der Waals surface area contributed by atoms with Gasteiger partial charge in [-0.3, -0.25) is 0 Å². The molecule has 0 saturated heterocycles. The minimum absolute atomic E-state index is 0.0707. The SMILES string of the molecule is O=S(=O)(NN=Cc1ccccc1OCc1ccc(Cl)cc1)c1ccc(Cl)cc1. The summed E-state index contributed by atoms with van der Waals surface area (Å²) in [5, 5.41) is 4.96. The van der Waals surface area contributed by atoms with E-state index in [1.54, 1.807) is 24.3 Å². The van der Waals surface area contributed by atoms with Crippen molar-refractivity contribution in [3.05, 3.63) is 94.0 Å². The summed E-state index contributed by atoms with van der Waals surface area (Å²) in [5.74, 6) is 0.576. The van der Waals surface area contributed by atoms with Crippen LogP contribution in [0.5, 0.6) is 5.75 Å². The molecule has 0 saturated carbocycles. The number of para-hydroxylation sites is 1. The molecule has 5 nitrogen and oxygen atoms in total. The van der Waals surface area contributed by atoms with E-state index in [0.717, 1.165) is 5.56 Å². The maximum atomic E-state index is 12.2. The Bertz CT molecular complexity index is 1070. The van der Waals surface area contributed by atoms with Crippen molar-refractivity contribution in [2.75, 3.05) is 0 Å². The van der Waals surface area contributed by atoms with Crippen LogP contribution in [0.4, 0.5) is 0 Å². The second kappa shape index (κ2) is 9.10. The highest BCUT2D eigenvalue weighted by atomic mass is 35.5. The van der Waals surface area contributed by atoms with Crippen molar-refractivity contribution in [1.29, 1.82) is 0 Å². The summed E-state index contributed by atoms with van der Waals surface area (Å²) in [6, 6.07) is 20.3. The van der Waals surface area contributed by atoms with Crippen LogP contribution in [0.1, 0.15) is 11.1 Å². The van der Waals surface area contributed by atoms with Crippen LogP contribution in [-0.4, -0.2) is 14.6 Å². The molecule has 3 aromatic carbocycles. The highest BCUT2D eigenvalue weighted by Crippen LogP contribution is 2.19. The molecule has 0 aromatic heterocycles. The summed E-state index contributed by atoms with van der Waals surface area (Å²) >= 11 is 11.7. The maximum Gasteiger partial charge on any atom is 0.276 e. The molecule has 0 aliphatic carbocycles. The molecule has 0 aliphatic rings. The second-order valence-electron chi connectivity index (χ2n) is 5.76. The Labute approximate surface area is 173 Å². The lowest BCUT2D eigenvalue weighted by atomic mass is 10.2. The summed E-state index contributed by atoms with van der Waals surface area (Å²) in [7, 11) is -3.78. The number of ether oxygens (including phenoxy) is 1. The standard InChI is InChI=1S/C20H16Cl2N2O3S/c21-17-7-5-15(6-8-17)14-27-20-4-2-1-3-16(20)13-23-24-28(25,26)19-11-9-18(22)10-12-19/h1-13,24H,14H2. The largest absolute Gasteiger partial charge is 0.488 e. The van der Waals surface area contributed by atoms with Gasteiger partial charge < -0.3 is 4.74 Å². The molecule has 0 amide bonds. The average Bonchev–Trinajstić information content (AvgIpc) is 2.69. The van der Waals surface area contributed by atoms with Gasteiger partial charge in [0.15, 0.2) is 0 Å². The third-order valence-electron chi connectivity index (χ3n) is 3.73. The van der Waals surface area contributed by atoms with Gasteiger partial charge >= 0.3 is 0 Å². The van der Waals surface area contributed by atoms with Gasteiger partial charge in [0.25, 0.3) is 10.0 Å². The van der Waals surface area contributed by atoms with Crippen LogP contribution in [0.2, 0.25) is 10.0 Å². The average molecular weight is 435 g/mol. The number of hydrazone groups is 1. The molecule has 144 valence electrons. The molecule has 1 N–H and O–H groups in total.